The number of rotatable bonds is 3. The van der Waals surface area contributed by atoms with Gasteiger partial charge in [0.15, 0.2) is 5.13 Å². The molecule has 0 amide bonds. The van der Waals surface area contributed by atoms with Crippen molar-refractivity contribution in [2.24, 2.45) is 5.41 Å². The summed E-state index contributed by atoms with van der Waals surface area (Å²) >= 11 is 1.73. The zero-order valence-electron chi connectivity index (χ0n) is 9.72. The number of nitrogens with zero attached hydrogens (tertiary/aromatic N) is 1. The zero-order valence-corrected chi connectivity index (χ0v) is 10.5. The Morgan fingerprint density at radius 3 is 2.50 bits per heavy atom. The summed E-state index contributed by atoms with van der Waals surface area (Å²) < 4.78 is 0. The molecule has 1 N–H and O–H groups in total. The topological polar surface area (TPSA) is 24.9 Å². The fourth-order valence-corrected chi connectivity index (χ4v) is 2.22. The molecule has 0 saturated carbocycles. The van der Waals surface area contributed by atoms with Crippen LogP contribution in [0.25, 0.3) is 0 Å². The second-order valence-corrected chi connectivity index (χ2v) is 5.98. The number of aryl methyl sites for hydroxylation is 1. The molecule has 0 aliphatic carbocycles. The first-order chi connectivity index (χ1) is 6.43. The van der Waals surface area contributed by atoms with Crippen molar-refractivity contribution in [3.05, 3.63) is 11.1 Å². The van der Waals surface area contributed by atoms with Crippen LogP contribution in [0.5, 0.6) is 0 Å². The van der Waals surface area contributed by atoms with Crippen LogP contribution in [0, 0.1) is 12.3 Å². The van der Waals surface area contributed by atoms with Crippen molar-refractivity contribution in [2.45, 2.75) is 47.1 Å². The van der Waals surface area contributed by atoms with Crippen molar-refractivity contribution >= 4 is 16.5 Å². The minimum Gasteiger partial charge on any atom is -0.358 e. The first-order valence-corrected chi connectivity index (χ1v) is 5.94. The quantitative estimate of drug-likeness (QED) is 0.826. The van der Waals surface area contributed by atoms with Gasteiger partial charge in [-0.15, -0.1) is 11.3 Å². The molecule has 2 nitrogen and oxygen atoms in total. The number of anilines is 1. The van der Waals surface area contributed by atoms with Crippen LogP contribution in [0.2, 0.25) is 0 Å². The summed E-state index contributed by atoms with van der Waals surface area (Å²) in [7, 11) is 0. The van der Waals surface area contributed by atoms with Crippen molar-refractivity contribution in [1.82, 2.24) is 4.98 Å². The van der Waals surface area contributed by atoms with E-state index in [1.165, 1.54) is 4.88 Å². The van der Waals surface area contributed by atoms with E-state index < -0.39 is 0 Å². The molecule has 0 aliphatic rings. The van der Waals surface area contributed by atoms with Gasteiger partial charge in [0.2, 0.25) is 0 Å². The van der Waals surface area contributed by atoms with Crippen molar-refractivity contribution < 1.29 is 0 Å². The zero-order chi connectivity index (χ0) is 10.8. The van der Waals surface area contributed by atoms with E-state index in [4.69, 9.17) is 0 Å². The summed E-state index contributed by atoms with van der Waals surface area (Å²) in [6.07, 6.45) is 3.05. The van der Waals surface area contributed by atoms with Gasteiger partial charge in [0.25, 0.3) is 0 Å². The van der Waals surface area contributed by atoms with Crippen molar-refractivity contribution in [1.29, 1.82) is 0 Å². The maximum atomic E-state index is 4.32. The number of hydrogen-bond donors (Lipinski definition) is 1. The molecule has 0 aromatic carbocycles. The van der Waals surface area contributed by atoms with E-state index in [0.717, 1.165) is 11.6 Å². The molecular weight excluding hydrogens is 192 g/mol. The van der Waals surface area contributed by atoms with Gasteiger partial charge in [-0.05, 0) is 18.8 Å². The second-order valence-electron chi connectivity index (χ2n) is 4.75. The van der Waals surface area contributed by atoms with Gasteiger partial charge in [-0.2, -0.15) is 0 Å². The average Bonchev–Trinajstić information content (AvgIpc) is 2.45. The Morgan fingerprint density at radius 1 is 1.50 bits per heavy atom. The number of aromatic nitrogens is 1. The standard InChI is InChI=1S/C11H20N2S/c1-6-9(11(3,4)5)13-10-12-7-8(2)14-10/h7,9H,6H2,1-5H3,(H,12,13). The average molecular weight is 212 g/mol. The molecule has 0 spiro atoms. The Labute approximate surface area is 90.8 Å². The van der Waals surface area contributed by atoms with Crippen LogP contribution in [0.4, 0.5) is 5.13 Å². The summed E-state index contributed by atoms with van der Waals surface area (Å²) in [6, 6.07) is 0.494. The fourth-order valence-electron chi connectivity index (χ4n) is 1.50. The highest BCUT2D eigenvalue weighted by Gasteiger charge is 2.23. The molecule has 1 aromatic rings. The lowest BCUT2D eigenvalue weighted by molar-refractivity contribution is 0.333. The summed E-state index contributed by atoms with van der Waals surface area (Å²) in [5.74, 6) is 0. The lowest BCUT2D eigenvalue weighted by atomic mass is 9.85. The number of thiazole rings is 1. The Morgan fingerprint density at radius 2 is 2.14 bits per heavy atom. The molecule has 1 aromatic heterocycles. The van der Waals surface area contributed by atoms with E-state index in [0.29, 0.717) is 6.04 Å². The minimum absolute atomic E-state index is 0.286. The third kappa shape index (κ3) is 2.98. The molecule has 0 radical (unpaired) electrons. The molecule has 0 saturated heterocycles. The maximum absolute atomic E-state index is 4.32. The highest BCUT2D eigenvalue weighted by atomic mass is 32.1. The van der Waals surface area contributed by atoms with Gasteiger partial charge in [0, 0.05) is 17.1 Å². The van der Waals surface area contributed by atoms with E-state index in [-0.39, 0.29) is 5.41 Å². The fraction of sp³-hybridized carbons (Fsp3) is 0.727. The van der Waals surface area contributed by atoms with Crippen LogP contribution in [0.3, 0.4) is 0 Å². The predicted octanol–water partition coefficient (Wildman–Crippen LogP) is 3.69. The Kier molecular flexibility index (Phi) is 3.53. The Bertz CT molecular complexity index is 286. The van der Waals surface area contributed by atoms with Crippen LogP contribution in [0.1, 0.15) is 39.0 Å². The highest BCUT2D eigenvalue weighted by molar-refractivity contribution is 7.15. The smallest absolute Gasteiger partial charge is 0.183 e. The van der Waals surface area contributed by atoms with Crippen LogP contribution >= 0.6 is 11.3 Å². The van der Waals surface area contributed by atoms with Gasteiger partial charge in [-0.25, -0.2) is 4.98 Å². The van der Waals surface area contributed by atoms with Crippen LogP contribution in [-0.4, -0.2) is 11.0 Å². The molecule has 14 heavy (non-hydrogen) atoms. The molecule has 0 fully saturated rings. The lowest BCUT2D eigenvalue weighted by Crippen LogP contribution is -2.33. The van der Waals surface area contributed by atoms with Crippen molar-refractivity contribution in [3.8, 4) is 0 Å². The normalized spacial score (nSPS) is 14.1. The summed E-state index contributed by atoms with van der Waals surface area (Å²) in [5, 5.41) is 4.54. The van der Waals surface area contributed by atoms with E-state index in [2.05, 4.69) is 44.9 Å². The predicted molar refractivity (Wildman–Crippen MR) is 64.0 cm³/mol. The van der Waals surface area contributed by atoms with Gasteiger partial charge in [-0.3, -0.25) is 0 Å². The van der Waals surface area contributed by atoms with Gasteiger partial charge < -0.3 is 5.32 Å². The molecule has 1 unspecified atom stereocenters. The molecular formula is C11H20N2S. The monoisotopic (exact) mass is 212 g/mol. The van der Waals surface area contributed by atoms with E-state index >= 15 is 0 Å². The first kappa shape index (κ1) is 11.5. The molecule has 0 aliphatic heterocycles. The number of nitrogens with one attached hydrogen (secondary N) is 1. The lowest BCUT2D eigenvalue weighted by Gasteiger charge is -2.30. The molecule has 0 bridgehead atoms. The number of hydrogen-bond acceptors (Lipinski definition) is 3. The van der Waals surface area contributed by atoms with E-state index in [9.17, 15) is 0 Å². The Balaban J connectivity index is 2.66. The molecule has 3 heteroatoms. The third-order valence-electron chi connectivity index (χ3n) is 2.37. The molecule has 1 rings (SSSR count). The molecule has 1 heterocycles. The van der Waals surface area contributed by atoms with Gasteiger partial charge >= 0.3 is 0 Å². The summed E-state index contributed by atoms with van der Waals surface area (Å²) in [4.78, 5) is 5.58. The van der Waals surface area contributed by atoms with E-state index in [1.54, 1.807) is 11.3 Å². The third-order valence-corrected chi connectivity index (χ3v) is 3.22. The Hall–Kier alpha value is -0.570. The largest absolute Gasteiger partial charge is 0.358 e. The van der Waals surface area contributed by atoms with Gasteiger partial charge in [0.05, 0.1) is 0 Å². The summed E-state index contributed by atoms with van der Waals surface area (Å²) in [5.41, 5.74) is 0.286. The summed E-state index contributed by atoms with van der Waals surface area (Å²) in [6.45, 7) is 11.1. The van der Waals surface area contributed by atoms with Crippen molar-refractivity contribution in [3.63, 3.8) is 0 Å². The highest BCUT2D eigenvalue weighted by Crippen LogP contribution is 2.27. The maximum Gasteiger partial charge on any atom is 0.183 e. The SMILES string of the molecule is CCC(Nc1ncc(C)s1)C(C)(C)C. The van der Waals surface area contributed by atoms with Crippen LogP contribution in [-0.2, 0) is 0 Å². The van der Waals surface area contributed by atoms with Crippen LogP contribution < -0.4 is 5.32 Å². The van der Waals surface area contributed by atoms with Crippen molar-refractivity contribution in [2.75, 3.05) is 5.32 Å². The van der Waals surface area contributed by atoms with Crippen LogP contribution in [0.15, 0.2) is 6.20 Å². The first-order valence-electron chi connectivity index (χ1n) is 5.12. The molecule has 1 atom stereocenters. The second kappa shape index (κ2) is 4.30. The van der Waals surface area contributed by atoms with E-state index in [1.807, 2.05) is 6.20 Å². The minimum atomic E-state index is 0.286. The van der Waals surface area contributed by atoms with Gasteiger partial charge in [0.1, 0.15) is 0 Å². The van der Waals surface area contributed by atoms with Gasteiger partial charge in [-0.1, -0.05) is 27.7 Å². The molecule has 80 valence electrons.